The summed E-state index contributed by atoms with van der Waals surface area (Å²) in [6, 6.07) is 5.57. The molecule has 0 aliphatic heterocycles. The predicted octanol–water partition coefficient (Wildman–Crippen LogP) is 1.89. The number of hydrogen-bond donors (Lipinski definition) is 1. The van der Waals surface area contributed by atoms with Gasteiger partial charge in [-0.15, -0.1) is 10.2 Å². The summed E-state index contributed by atoms with van der Waals surface area (Å²) >= 11 is 1.70. The smallest absolute Gasteiger partial charge is 0.273 e. The second-order valence-electron chi connectivity index (χ2n) is 4.31. The summed E-state index contributed by atoms with van der Waals surface area (Å²) in [5.41, 5.74) is 1.67. The minimum absolute atomic E-state index is 0.141. The molecule has 0 unspecified atom stereocenters. The van der Waals surface area contributed by atoms with E-state index in [1.54, 1.807) is 37.6 Å². The quantitative estimate of drug-likeness (QED) is 0.906. The maximum absolute atomic E-state index is 11.6. The highest BCUT2D eigenvalue weighted by Gasteiger charge is 2.09. The Morgan fingerprint density at radius 1 is 1.32 bits per heavy atom. The van der Waals surface area contributed by atoms with Gasteiger partial charge in [-0.05, 0) is 40.9 Å². The third-order valence-corrected chi connectivity index (χ3v) is 3.32. The molecule has 0 aliphatic carbocycles. The van der Waals surface area contributed by atoms with Crippen molar-refractivity contribution in [3.05, 3.63) is 40.2 Å². The van der Waals surface area contributed by atoms with Crippen LogP contribution in [0.25, 0.3) is 0 Å². The van der Waals surface area contributed by atoms with Crippen molar-refractivity contribution in [2.24, 2.45) is 0 Å². The summed E-state index contributed by atoms with van der Waals surface area (Å²) in [6.07, 6.45) is 0.948. The van der Waals surface area contributed by atoms with Gasteiger partial charge in [-0.3, -0.25) is 4.79 Å². The van der Waals surface area contributed by atoms with E-state index in [1.165, 1.54) is 10.5 Å². The Morgan fingerprint density at radius 3 is 2.74 bits per heavy atom. The summed E-state index contributed by atoms with van der Waals surface area (Å²) in [4.78, 5) is 13.1. The van der Waals surface area contributed by atoms with Crippen LogP contribution >= 0.6 is 11.3 Å². The van der Waals surface area contributed by atoms with Gasteiger partial charge in [0.15, 0.2) is 5.69 Å². The van der Waals surface area contributed by atoms with Crippen LogP contribution in [0.15, 0.2) is 29.0 Å². The largest absolute Gasteiger partial charge is 0.368 e. The van der Waals surface area contributed by atoms with Crippen LogP contribution in [0.4, 0.5) is 5.82 Å². The molecule has 100 valence electrons. The normalized spacial score (nSPS) is 10.2. The lowest BCUT2D eigenvalue weighted by Gasteiger charge is -2.09. The van der Waals surface area contributed by atoms with E-state index in [9.17, 15) is 4.79 Å². The summed E-state index contributed by atoms with van der Waals surface area (Å²) in [7, 11) is 3.38. The summed E-state index contributed by atoms with van der Waals surface area (Å²) in [6.45, 7) is 0.798. The first-order valence-corrected chi connectivity index (χ1v) is 6.91. The highest BCUT2D eigenvalue weighted by molar-refractivity contribution is 7.07. The highest BCUT2D eigenvalue weighted by atomic mass is 32.1. The monoisotopic (exact) mass is 276 g/mol. The molecule has 0 saturated carbocycles. The number of aromatic nitrogens is 2. The fourth-order valence-electron chi connectivity index (χ4n) is 1.54. The molecule has 0 spiro atoms. The van der Waals surface area contributed by atoms with Crippen molar-refractivity contribution in [1.29, 1.82) is 0 Å². The van der Waals surface area contributed by atoms with Gasteiger partial charge in [0, 0.05) is 20.6 Å². The maximum Gasteiger partial charge on any atom is 0.273 e. The molecule has 0 radical (unpaired) electrons. The molecular weight excluding hydrogens is 260 g/mol. The van der Waals surface area contributed by atoms with Crippen molar-refractivity contribution in [3.63, 3.8) is 0 Å². The fourth-order valence-corrected chi connectivity index (χ4v) is 2.24. The Labute approximate surface area is 116 Å². The third kappa shape index (κ3) is 3.75. The molecule has 2 rings (SSSR count). The maximum atomic E-state index is 11.6. The molecular formula is C13H16N4OS. The molecule has 0 atom stereocenters. The number of anilines is 1. The molecule has 6 heteroatoms. The Kier molecular flexibility index (Phi) is 4.46. The minimum Gasteiger partial charge on any atom is -0.368 e. The molecule has 0 aliphatic rings. The van der Waals surface area contributed by atoms with Gasteiger partial charge in [0.1, 0.15) is 5.82 Å². The van der Waals surface area contributed by atoms with Crippen molar-refractivity contribution in [2.75, 3.05) is 26.0 Å². The number of carbonyl (C=O) groups excluding carboxylic acids is 1. The molecule has 5 nitrogen and oxygen atoms in total. The molecule has 0 bridgehead atoms. The van der Waals surface area contributed by atoms with E-state index in [4.69, 9.17) is 0 Å². The number of thiophene rings is 1. The molecule has 2 heterocycles. The van der Waals surface area contributed by atoms with Crippen LogP contribution in [0.5, 0.6) is 0 Å². The number of rotatable bonds is 5. The lowest BCUT2D eigenvalue weighted by molar-refractivity contribution is 0.0821. The summed E-state index contributed by atoms with van der Waals surface area (Å²) in [5.74, 6) is 0.544. The van der Waals surface area contributed by atoms with Gasteiger partial charge in [-0.2, -0.15) is 11.3 Å². The van der Waals surface area contributed by atoms with Crippen LogP contribution in [0, 0.1) is 0 Å². The lowest BCUT2D eigenvalue weighted by atomic mass is 10.2. The van der Waals surface area contributed by atoms with Crippen LogP contribution in [-0.4, -0.2) is 41.6 Å². The number of hydrogen-bond acceptors (Lipinski definition) is 5. The van der Waals surface area contributed by atoms with Crippen molar-refractivity contribution in [2.45, 2.75) is 6.42 Å². The summed E-state index contributed by atoms with van der Waals surface area (Å²) in [5, 5.41) is 15.3. The topological polar surface area (TPSA) is 58.1 Å². The van der Waals surface area contributed by atoms with Gasteiger partial charge in [-0.25, -0.2) is 0 Å². The zero-order chi connectivity index (χ0) is 13.7. The second-order valence-corrected chi connectivity index (χ2v) is 5.09. The van der Waals surface area contributed by atoms with E-state index in [0.29, 0.717) is 11.5 Å². The second kappa shape index (κ2) is 6.29. The van der Waals surface area contributed by atoms with Crippen molar-refractivity contribution < 1.29 is 4.79 Å². The predicted molar refractivity (Wildman–Crippen MR) is 76.6 cm³/mol. The average Bonchev–Trinajstić information content (AvgIpc) is 2.92. The zero-order valence-corrected chi connectivity index (χ0v) is 11.8. The van der Waals surface area contributed by atoms with Crippen molar-refractivity contribution in [1.82, 2.24) is 15.1 Å². The van der Waals surface area contributed by atoms with Crippen molar-refractivity contribution in [3.8, 4) is 0 Å². The van der Waals surface area contributed by atoms with E-state index >= 15 is 0 Å². The number of carbonyl (C=O) groups is 1. The third-order valence-electron chi connectivity index (χ3n) is 2.59. The first-order valence-electron chi connectivity index (χ1n) is 5.97. The Morgan fingerprint density at radius 2 is 2.16 bits per heavy atom. The van der Waals surface area contributed by atoms with Crippen LogP contribution in [0.2, 0.25) is 0 Å². The zero-order valence-electron chi connectivity index (χ0n) is 11.0. The van der Waals surface area contributed by atoms with Gasteiger partial charge in [0.05, 0.1) is 0 Å². The van der Waals surface area contributed by atoms with Crippen LogP contribution in [-0.2, 0) is 6.42 Å². The molecule has 2 aromatic heterocycles. The lowest BCUT2D eigenvalue weighted by Crippen LogP contribution is -2.23. The Hall–Kier alpha value is -1.95. The molecule has 0 fully saturated rings. The molecule has 1 amide bonds. The van der Waals surface area contributed by atoms with E-state index in [2.05, 4.69) is 32.3 Å². The molecule has 1 N–H and O–H groups in total. The molecule has 0 aromatic carbocycles. The Balaban J connectivity index is 1.86. The molecule has 0 saturated heterocycles. The van der Waals surface area contributed by atoms with Gasteiger partial charge < -0.3 is 10.2 Å². The molecule has 2 aromatic rings. The number of nitrogens with zero attached hydrogens (tertiary/aromatic N) is 3. The SMILES string of the molecule is CN(C)C(=O)c1ccc(NCCc2ccsc2)nn1. The van der Waals surface area contributed by atoms with E-state index in [1.807, 2.05) is 0 Å². The average molecular weight is 276 g/mol. The highest BCUT2D eigenvalue weighted by Crippen LogP contribution is 2.08. The van der Waals surface area contributed by atoms with Gasteiger partial charge in [0.25, 0.3) is 5.91 Å². The van der Waals surface area contributed by atoms with E-state index < -0.39 is 0 Å². The van der Waals surface area contributed by atoms with Gasteiger partial charge in [0.2, 0.25) is 0 Å². The van der Waals surface area contributed by atoms with Crippen LogP contribution in [0.1, 0.15) is 16.1 Å². The Bertz CT molecular complexity index is 522. The minimum atomic E-state index is -0.141. The van der Waals surface area contributed by atoms with Crippen LogP contribution < -0.4 is 5.32 Å². The standard InChI is InChI=1S/C13H16N4OS/c1-17(2)13(18)11-3-4-12(16-15-11)14-7-5-10-6-8-19-9-10/h3-4,6,8-9H,5,7H2,1-2H3,(H,14,16). The first kappa shape index (κ1) is 13.5. The van der Waals surface area contributed by atoms with Crippen LogP contribution in [0.3, 0.4) is 0 Å². The fraction of sp³-hybridized carbons (Fsp3) is 0.308. The molecule has 19 heavy (non-hydrogen) atoms. The van der Waals surface area contributed by atoms with Gasteiger partial charge >= 0.3 is 0 Å². The van der Waals surface area contributed by atoms with E-state index in [-0.39, 0.29) is 5.91 Å². The first-order chi connectivity index (χ1) is 9.16. The van der Waals surface area contributed by atoms with Gasteiger partial charge in [-0.1, -0.05) is 0 Å². The number of amides is 1. The summed E-state index contributed by atoms with van der Waals surface area (Å²) < 4.78 is 0. The van der Waals surface area contributed by atoms with E-state index in [0.717, 1.165) is 13.0 Å². The number of nitrogens with one attached hydrogen (secondary N) is 1. The van der Waals surface area contributed by atoms with Crippen molar-refractivity contribution >= 4 is 23.1 Å².